The minimum Gasteiger partial charge on any atom is -0.379 e. The highest BCUT2D eigenvalue weighted by molar-refractivity contribution is 5.82. The number of aryl methyl sites for hydroxylation is 1. The van der Waals surface area contributed by atoms with Crippen LogP contribution in [-0.4, -0.2) is 25.3 Å². The molecule has 0 amide bonds. The van der Waals surface area contributed by atoms with Gasteiger partial charge in [0.2, 0.25) is 0 Å². The molecule has 6 atom stereocenters. The van der Waals surface area contributed by atoms with Crippen molar-refractivity contribution in [1.29, 1.82) is 0 Å². The highest BCUT2D eigenvalue weighted by atomic mass is 17.2. The number of hydrogen-bond acceptors (Lipinski definition) is 4. The normalized spacial score (nSPS) is 37.5. The molecule has 174 valence electrons. The average molecular weight is 439 g/mol. The van der Waals surface area contributed by atoms with Crippen molar-refractivity contribution in [3.05, 3.63) is 46.5 Å². The van der Waals surface area contributed by atoms with Gasteiger partial charge >= 0.3 is 5.97 Å². The molecular weight excluding hydrogens is 400 g/mol. The summed E-state index contributed by atoms with van der Waals surface area (Å²) in [6.45, 7) is 8.38. The Hall–Kier alpha value is -1.65. The van der Waals surface area contributed by atoms with E-state index in [9.17, 15) is 4.79 Å². The number of ether oxygens (including phenoxy) is 1. The monoisotopic (exact) mass is 438 g/mol. The van der Waals surface area contributed by atoms with Crippen LogP contribution in [0.5, 0.6) is 0 Å². The summed E-state index contributed by atoms with van der Waals surface area (Å²) < 4.78 is 5.40. The summed E-state index contributed by atoms with van der Waals surface area (Å²) in [7, 11) is 0. The van der Waals surface area contributed by atoms with E-state index in [1.54, 1.807) is 17.2 Å². The quantitative estimate of drug-likeness (QED) is 0.332. The second-order valence-electron chi connectivity index (χ2n) is 10.9. The van der Waals surface area contributed by atoms with Crippen LogP contribution >= 0.6 is 0 Å². The molecule has 0 N–H and O–H groups in total. The zero-order chi connectivity index (χ0) is 22.3. The number of hydrogen-bond donors (Lipinski definition) is 0. The minimum absolute atomic E-state index is 0.100. The van der Waals surface area contributed by atoms with Crippen molar-refractivity contribution in [2.75, 3.05) is 13.2 Å². The van der Waals surface area contributed by atoms with Crippen molar-refractivity contribution in [1.82, 2.24) is 0 Å². The van der Waals surface area contributed by atoms with Gasteiger partial charge in [-0.25, -0.2) is 4.79 Å². The zero-order valence-electron chi connectivity index (χ0n) is 19.9. The van der Waals surface area contributed by atoms with Gasteiger partial charge in [0.1, 0.15) is 6.10 Å². The molecule has 4 heteroatoms. The van der Waals surface area contributed by atoms with Gasteiger partial charge in [-0.05, 0) is 97.1 Å². The molecular formula is C28H38O4. The van der Waals surface area contributed by atoms with Gasteiger partial charge in [-0.15, -0.1) is 0 Å². The van der Waals surface area contributed by atoms with Crippen molar-refractivity contribution in [2.24, 2.45) is 23.2 Å². The van der Waals surface area contributed by atoms with Gasteiger partial charge in [0, 0.05) is 12.7 Å². The fraction of sp³-hybridized carbons (Fsp3) is 0.679. The highest BCUT2D eigenvalue weighted by Gasteiger charge is 2.54. The third-order valence-corrected chi connectivity index (χ3v) is 9.07. The second-order valence-corrected chi connectivity index (χ2v) is 10.9. The van der Waals surface area contributed by atoms with Crippen LogP contribution in [0, 0.1) is 23.2 Å². The first-order valence-electron chi connectivity index (χ1n) is 12.8. The number of benzene rings is 1. The Bertz CT molecular complexity index is 883. The predicted molar refractivity (Wildman–Crippen MR) is 124 cm³/mol. The summed E-state index contributed by atoms with van der Waals surface area (Å²) in [5.74, 6) is 2.33. The molecule has 5 rings (SSSR count). The van der Waals surface area contributed by atoms with Gasteiger partial charge in [-0.3, -0.25) is 4.89 Å². The van der Waals surface area contributed by atoms with E-state index in [0.29, 0.717) is 30.3 Å². The zero-order valence-corrected chi connectivity index (χ0v) is 19.9. The first-order valence-corrected chi connectivity index (χ1v) is 12.8. The molecule has 1 aromatic rings. The Balaban J connectivity index is 1.31. The molecule has 0 spiro atoms. The Morgan fingerprint density at radius 1 is 1.28 bits per heavy atom. The number of allylic oxidation sites excluding steroid dienone is 1. The molecule has 1 aliphatic heterocycles. The molecule has 3 aliphatic carbocycles. The Labute approximate surface area is 192 Å². The number of fused-ring (bicyclic) bond motifs is 5. The van der Waals surface area contributed by atoms with Crippen molar-refractivity contribution in [2.45, 2.75) is 84.2 Å². The molecule has 1 heterocycles. The molecule has 1 aromatic carbocycles. The first-order chi connectivity index (χ1) is 15.5. The van der Waals surface area contributed by atoms with Gasteiger partial charge in [0.25, 0.3) is 0 Å². The van der Waals surface area contributed by atoms with Crippen molar-refractivity contribution in [3.63, 3.8) is 0 Å². The van der Waals surface area contributed by atoms with E-state index in [4.69, 9.17) is 14.5 Å². The van der Waals surface area contributed by atoms with Crippen LogP contribution in [-0.2, 0) is 32.1 Å². The van der Waals surface area contributed by atoms with Crippen LogP contribution < -0.4 is 0 Å². The SMILES string of the molecule is CCc1ccc2c(c1)C[C@@H](C)[C@@H]1[C@@H]2CC[C@]2(C)C(=CC(=O)OOC3CCCOC3)CC[C@@H]12. The fourth-order valence-electron chi connectivity index (χ4n) is 7.41. The van der Waals surface area contributed by atoms with Gasteiger partial charge in [0.15, 0.2) is 0 Å². The van der Waals surface area contributed by atoms with Gasteiger partial charge in [-0.1, -0.05) is 44.5 Å². The molecule has 0 aromatic heterocycles. The smallest absolute Gasteiger partial charge is 0.365 e. The lowest BCUT2D eigenvalue weighted by atomic mass is 9.52. The van der Waals surface area contributed by atoms with Crippen LogP contribution in [0.2, 0.25) is 0 Å². The topological polar surface area (TPSA) is 44.8 Å². The van der Waals surface area contributed by atoms with Crippen molar-refractivity contribution >= 4 is 5.97 Å². The maximum atomic E-state index is 12.6. The van der Waals surface area contributed by atoms with Crippen LogP contribution in [0.15, 0.2) is 29.8 Å². The molecule has 0 bridgehead atoms. The minimum atomic E-state index is -0.358. The fourth-order valence-corrected chi connectivity index (χ4v) is 7.41. The van der Waals surface area contributed by atoms with E-state index in [2.05, 4.69) is 39.0 Å². The lowest BCUT2D eigenvalue weighted by Crippen LogP contribution is -2.43. The van der Waals surface area contributed by atoms with Gasteiger partial charge in [0.05, 0.1) is 6.61 Å². The number of carbonyl (C=O) groups excluding carboxylic acids is 1. The van der Waals surface area contributed by atoms with Crippen LogP contribution in [0.1, 0.15) is 81.9 Å². The van der Waals surface area contributed by atoms with Gasteiger partial charge < -0.3 is 4.74 Å². The maximum Gasteiger partial charge on any atom is 0.365 e. The second kappa shape index (κ2) is 8.95. The third kappa shape index (κ3) is 3.94. The Kier molecular flexibility index (Phi) is 6.19. The summed E-state index contributed by atoms with van der Waals surface area (Å²) in [6.07, 6.45) is 10.3. The van der Waals surface area contributed by atoms with E-state index >= 15 is 0 Å². The largest absolute Gasteiger partial charge is 0.379 e. The molecule has 1 unspecified atom stereocenters. The van der Waals surface area contributed by atoms with Crippen LogP contribution in [0.3, 0.4) is 0 Å². The maximum absolute atomic E-state index is 12.6. The lowest BCUT2D eigenvalue weighted by molar-refractivity contribution is -0.305. The molecule has 4 nitrogen and oxygen atoms in total. The summed E-state index contributed by atoms with van der Waals surface area (Å²) >= 11 is 0. The Morgan fingerprint density at radius 3 is 2.94 bits per heavy atom. The molecule has 0 radical (unpaired) electrons. The van der Waals surface area contributed by atoms with Gasteiger partial charge in [-0.2, -0.15) is 4.89 Å². The van der Waals surface area contributed by atoms with E-state index in [1.807, 2.05) is 0 Å². The molecule has 2 saturated carbocycles. The van der Waals surface area contributed by atoms with E-state index in [1.165, 1.54) is 30.4 Å². The summed E-state index contributed by atoms with van der Waals surface area (Å²) in [5.41, 5.74) is 6.02. The van der Waals surface area contributed by atoms with Crippen LogP contribution in [0.4, 0.5) is 0 Å². The summed E-state index contributed by atoms with van der Waals surface area (Å²) in [6, 6.07) is 7.23. The predicted octanol–water partition coefficient (Wildman–Crippen LogP) is 5.93. The molecule has 32 heavy (non-hydrogen) atoms. The first kappa shape index (κ1) is 22.2. The summed E-state index contributed by atoms with van der Waals surface area (Å²) in [5, 5.41) is 0. The molecule has 1 saturated heterocycles. The highest BCUT2D eigenvalue weighted by Crippen LogP contribution is 2.63. The van der Waals surface area contributed by atoms with E-state index < -0.39 is 0 Å². The van der Waals surface area contributed by atoms with Crippen molar-refractivity contribution in [3.8, 4) is 0 Å². The average Bonchev–Trinajstić information content (AvgIpc) is 3.13. The summed E-state index contributed by atoms with van der Waals surface area (Å²) in [4.78, 5) is 23.1. The van der Waals surface area contributed by atoms with E-state index in [0.717, 1.165) is 38.7 Å². The third-order valence-electron chi connectivity index (χ3n) is 9.07. The molecule has 4 aliphatic rings. The van der Waals surface area contributed by atoms with Crippen LogP contribution in [0.25, 0.3) is 0 Å². The van der Waals surface area contributed by atoms with Crippen molar-refractivity contribution < 1.29 is 19.3 Å². The lowest BCUT2D eigenvalue weighted by Gasteiger charge is -2.52. The Morgan fingerprint density at radius 2 is 2.16 bits per heavy atom. The number of carbonyl (C=O) groups is 1. The van der Waals surface area contributed by atoms with E-state index in [-0.39, 0.29) is 17.5 Å². The standard InChI is InChI=1S/C28H38O4/c1-4-19-7-9-23-20(15-19)14-18(2)27-24(23)11-12-28(3)21(8-10-25(27)28)16-26(29)32-31-22-6-5-13-30-17-22/h7,9,15-16,18,22,24-25,27H,4-6,8,10-14,17H2,1-3H3/t18-,22?,24-,25+,27-,28-/m1/s1. The number of rotatable bonds is 4. The molecule has 3 fully saturated rings.